The molecule has 32 heavy (non-hydrogen) atoms. The van der Waals surface area contributed by atoms with Crippen molar-refractivity contribution in [1.82, 2.24) is 4.57 Å². The minimum Gasteiger partial charge on any atom is -0.468 e. The Balaban J connectivity index is 1.88. The summed E-state index contributed by atoms with van der Waals surface area (Å²) in [6.45, 7) is 4.06. The summed E-state index contributed by atoms with van der Waals surface area (Å²) in [6.07, 6.45) is 0. The lowest BCUT2D eigenvalue weighted by Gasteiger charge is -2.14. The van der Waals surface area contributed by atoms with Crippen LogP contribution in [0, 0.1) is 13.8 Å². The number of hydrogen-bond donors (Lipinski definition) is 0. The lowest BCUT2D eigenvalue weighted by molar-refractivity contribution is -0.141. The minimum atomic E-state index is -0.530. The average Bonchev–Trinajstić information content (AvgIpc) is 3.11. The highest BCUT2D eigenvalue weighted by Gasteiger charge is 2.23. The summed E-state index contributed by atoms with van der Waals surface area (Å²) in [5.41, 5.74) is 4.87. The van der Waals surface area contributed by atoms with E-state index in [1.165, 1.54) is 18.4 Å². The van der Waals surface area contributed by atoms with Crippen molar-refractivity contribution < 1.29 is 14.3 Å². The number of esters is 1. The molecule has 0 unspecified atom stereocenters. The van der Waals surface area contributed by atoms with Crippen LogP contribution in [-0.2, 0) is 20.9 Å². The summed E-state index contributed by atoms with van der Waals surface area (Å²) in [6, 6.07) is 23.4. The van der Waals surface area contributed by atoms with Crippen LogP contribution in [-0.4, -0.2) is 23.6 Å². The molecule has 162 valence electrons. The molecule has 0 aliphatic carbocycles. The van der Waals surface area contributed by atoms with Gasteiger partial charge in [-0.1, -0.05) is 72.0 Å². The summed E-state index contributed by atoms with van der Waals surface area (Å²) in [4.78, 5) is 30.7. The first kappa shape index (κ1) is 21.7. The zero-order chi connectivity index (χ0) is 22.7. The summed E-state index contributed by atoms with van der Waals surface area (Å²) >= 11 is 1.40. The first-order valence-electron chi connectivity index (χ1n) is 10.3. The Morgan fingerprint density at radius 3 is 2.06 bits per heavy atom. The number of carbonyl (C=O) groups excluding carboxylic acids is 2. The van der Waals surface area contributed by atoms with Gasteiger partial charge in [0.2, 0.25) is 0 Å². The molecular weight excluding hydrogens is 420 g/mol. The van der Waals surface area contributed by atoms with Crippen LogP contribution in [0.3, 0.4) is 0 Å². The van der Waals surface area contributed by atoms with Gasteiger partial charge in [0, 0.05) is 0 Å². The molecular formula is C26H24N2O3S. The maximum Gasteiger partial charge on any atom is 0.325 e. The highest BCUT2D eigenvalue weighted by atomic mass is 32.1. The number of methoxy groups -OCH3 is 1. The largest absolute Gasteiger partial charge is 0.468 e. The summed E-state index contributed by atoms with van der Waals surface area (Å²) < 4.78 is 7.63. The number of carbonyl (C=O) groups is 2. The second-order valence-corrected chi connectivity index (χ2v) is 8.66. The Bertz CT molecular complexity index is 1300. The third-order valence-electron chi connectivity index (χ3n) is 5.53. The molecule has 0 N–H and O–H groups in total. The lowest BCUT2D eigenvalue weighted by Crippen LogP contribution is -2.24. The van der Waals surface area contributed by atoms with Crippen LogP contribution >= 0.6 is 11.3 Å². The lowest BCUT2D eigenvalue weighted by atomic mass is 9.91. The molecule has 1 amide bonds. The van der Waals surface area contributed by atoms with E-state index >= 15 is 0 Å². The molecule has 1 aromatic heterocycles. The van der Waals surface area contributed by atoms with Crippen molar-refractivity contribution >= 4 is 33.4 Å². The van der Waals surface area contributed by atoms with Crippen molar-refractivity contribution in [3.8, 4) is 0 Å². The Morgan fingerprint density at radius 1 is 0.938 bits per heavy atom. The summed E-state index contributed by atoms with van der Waals surface area (Å²) in [5.74, 6) is -1.20. The van der Waals surface area contributed by atoms with Crippen LogP contribution in [0.15, 0.2) is 77.8 Å². The van der Waals surface area contributed by atoms with Gasteiger partial charge >= 0.3 is 5.97 Å². The molecule has 0 fully saturated rings. The molecule has 0 aliphatic rings. The van der Waals surface area contributed by atoms with Gasteiger partial charge in [-0.15, -0.1) is 0 Å². The Hall–Kier alpha value is -3.51. The SMILES string of the molecule is COC(=O)Cn1c(=NC(=O)C(c2ccccc2)c2ccccc2)sc2cc(C)c(C)cc21. The number of ether oxygens (including phenoxy) is 1. The van der Waals surface area contributed by atoms with Gasteiger partial charge in [-0.2, -0.15) is 4.99 Å². The number of rotatable bonds is 5. The van der Waals surface area contributed by atoms with Crippen molar-refractivity contribution in [2.75, 3.05) is 7.11 Å². The number of aromatic nitrogens is 1. The quantitative estimate of drug-likeness (QED) is 0.417. The topological polar surface area (TPSA) is 60.7 Å². The van der Waals surface area contributed by atoms with Crippen molar-refractivity contribution in [3.63, 3.8) is 0 Å². The molecule has 0 bridgehead atoms. The molecule has 5 nitrogen and oxygen atoms in total. The van der Waals surface area contributed by atoms with E-state index in [2.05, 4.69) is 11.1 Å². The highest BCUT2D eigenvalue weighted by Crippen LogP contribution is 2.27. The predicted octanol–water partition coefficient (Wildman–Crippen LogP) is 4.75. The van der Waals surface area contributed by atoms with E-state index in [0.29, 0.717) is 4.80 Å². The monoisotopic (exact) mass is 444 g/mol. The van der Waals surface area contributed by atoms with Crippen molar-refractivity contribution in [3.05, 3.63) is 99.9 Å². The number of nitrogens with zero attached hydrogens (tertiary/aromatic N) is 2. The van der Waals surface area contributed by atoms with Gasteiger partial charge in [-0.05, 0) is 48.2 Å². The van der Waals surface area contributed by atoms with E-state index in [9.17, 15) is 9.59 Å². The van der Waals surface area contributed by atoms with E-state index in [1.54, 1.807) is 4.57 Å². The fourth-order valence-corrected chi connectivity index (χ4v) is 4.80. The molecule has 1 heterocycles. The number of aryl methyl sites for hydroxylation is 2. The van der Waals surface area contributed by atoms with Gasteiger partial charge in [0.05, 0.1) is 23.2 Å². The van der Waals surface area contributed by atoms with Gasteiger partial charge < -0.3 is 9.30 Å². The van der Waals surface area contributed by atoms with E-state index in [-0.39, 0.29) is 18.4 Å². The first-order valence-corrected chi connectivity index (χ1v) is 11.2. The second kappa shape index (κ2) is 9.32. The fraction of sp³-hybridized carbons (Fsp3) is 0.192. The van der Waals surface area contributed by atoms with Crippen LogP contribution in [0.2, 0.25) is 0 Å². The second-order valence-electron chi connectivity index (χ2n) is 7.66. The molecule has 0 radical (unpaired) electrons. The summed E-state index contributed by atoms with van der Waals surface area (Å²) in [5, 5.41) is 0. The number of amides is 1. The molecule has 0 aliphatic heterocycles. The van der Waals surface area contributed by atoms with Crippen molar-refractivity contribution in [1.29, 1.82) is 0 Å². The van der Waals surface area contributed by atoms with Gasteiger partial charge in [-0.25, -0.2) is 0 Å². The number of hydrogen-bond acceptors (Lipinski definition) is 4. The first-order chi connectivity index (χ1) is 15.5. The van der Waals surface area contributed by atoms with E-state index in [1.807, 2.05) is 80.6 Å². The molecule has 4 rings (SSSR count). The van der Waals surface area contributed by atoms with Gasteiger partial charge in [0.1, 0.15) is 6.54 Å². The smallest absolute Gasteiger partial charge is 0.325 e. The van der Waals surface area contributed by atoms with Crippen molar-refractivity contribution in [2.45, 2.75) is 26.3 Å². The van der Waals surface area contributed by atoms with Gasteiger partial charge in [0.25, 0.3) is 5.91 Å². The predicted molar refractivity (Wildman–Crippen MR) is 127 cm³/mol. The molecule has 3 aromatic carbocycles. The maximum atomic E-state index is 13.5. The Kier molecular flexibility index (Phi) is 6.32. The van der Waals surface area contributed by atoms with Gasteiger partial charge in [0.15, 0.2) is 4.80 Å². The number of benzene rings is 3. The molecule has 6 heteroatoms. The fourth-order valence-electron chi connectivity index (χ4n) is 3.68. The average molecular weight is 445 g/mol. The maximum absolute atomic E-state index is 13.5. The molecule has 0 saturated heterocycles. The van der Waals surface area contributed by atoms with Crippen LogP contribution in [0.1, 0.15) is 28.2 Å². The Morgan fingerprint density at radius 2 is 1.50 bits per heavy atom. The normalized spacial score (nSPS) is 11.8. The zero-order valence-corrected chi connectivity index (χ0v) is 19.1. The highest BCUT2D eigenvalue weighted by molar-refractivity contribution is 7.16. The van der Waals surface area contributed by atoms with Crippen LogP contribution in [0.25, 0.3) is 10.2 Å². The Labute approximate surface area is 190 Å². The van der Waals surface area contributed by atoms with Crippen LogP contribution < -0.4 is 4.80 Å². The van der Waals surface area contributed by atoms with Crippen LogP contribution in [0.5, 0.6) is 0 Å². The molecule has 0 saturated carbocycles. The van der Waals surface area contributed by atoms with Crippen molar-refractivity contribution in [2.24, 2.45) is 4.99 Å². The van der Waals surface area contributed by atoms with E-state index < -0.39 is 5.92 Å². The molecule has 0 spiro atoms. The van der Waals surface area contributed by atoms with E-state index in [4.69, 9.17) is 4.74 Å². The minimum absolute atomic E-state index is 0.00749. The number of fused-ring (bicyclic) bond motifs is 1. The molecule has 4 aromatic rings. The standard InChI is InChI=1S/C26H24N2O3S/c1-17-14-21-22(15-18(17)2)32-26(28(21)16-23(29)31-3)27-25(30)24(19-10-6-4-7-11-19)20-12-8-5-9-13-20/h4-15,24H,16H2,1-3H3. The van der Waals surface area contributed by atoms with Crippen LogP contribution in [0.4, 0.5) is 0 Å². The zero-order valence-electron chi connectivity index (χ0n) is 18.2. The third-order valence-corrected chi connectivity index (χ3v) is 6.57. The number of thiazole rings is 1. The van der Waals surface area contributed by atoms with E-state index in [0.717, 1.165) is 32.5 Å². The summed E-state index contributed by atoms with van der Waals surface area (Å²) in [7, 11) is 1.36. The molecule has 0 atom stereocenters. The van der Waals surface area contributed by atoms with Gasteiger partial charge in [-0.3, -0.25) is 9.59 Å². The third kappa shape index (κ3) is 4.41.